The Balaban J connectivity index is 1.71. The van der Waals surface area contributed by atoms with Crippen molar-refractivity contribution in [3.05, 3.63) is 58.1 Å². The van der Waals surface area contributed by atoms with Gasteiger partial charge in [0, 0.05) is 16.5 Å². The number of rotatable bonds is 6. The average Bonchev–Trinajstić information content (AvgIpc) is 2.49. The van der Waals surface area contributed by atoms with Gasteiger partial charge in [-0.15, -0.1) is 0 Å². The molecule has 0 aliphatic rings. The molecular formula is C17H16Cl2O3. The van der Waals surface area contributed by atoms with Gasteiger partial charge in [-0.05, 0) is 61.4 Å². The first-order valence-electron chi connectivity index (χ1n) is 6.90. The minimum atomic E-state index is -0.290. The highest BCUT2D eigenvalue weighted by atomic mass is 35.5. The normalized spacial score (nSPS) is 10.3. The summed E-state index contributed by atoms with van der Waals surface area (Å²) < 4.78 is 10.8. The zero-order valence-corrected chi connectivity index (χ0v) is 13.7. The minimum Gasteiger partial charge on any atom is -0.494 e. The summed E-state index contributed by atoms with van der Waals surface area (Å²) in [5.74, 6) is 0.943. The van der Waals surface area contributed by atoms with Crippen molar-refractivity contribution >= 4 is 29.2 Å². The monoisotopic (exact) mass is 338 g/mol. The van der Waals surface area contributed by atoms with Crippen LogP contribution in [0, 0.1) is 6.92 Å². The first-order chi connectivity index (χ1) is 10.5. The number of benzene rings is 2. The first-order valence-corrected chi connectivity index (χ1v) is 7.65. The fourth-order valence-corrected chi connectivity index (χ4v) is 2.04. The van der Waals surface area contributed by atoms with Gasteiger partial charge < -0.3 is 9.47 Å². The molecule has 0 amide bonds. The molecule has 0 fully saturated rings. The van der Waals surface area contributed by atoms with Crippen LogP contribution in [-0.2, 0) is 4.79 Å². The van der Waals surface area contributed by atoms with Crippen molar-refractivity contribution in [3.63, 3.8) is 0 Å². The Morgan fingerprint density at radius 2 is 1.73 bits per heavy atom. The molecule has 0 saturated carbocycles. The highest BCUT2D eigenvalue weighted by Crippen LogP contribution is 2.21. The molecule has 0 saturated heterocycles. The van der Waals surface area contributed by atoms with Gasteiger partial charge in [-0.25, -0.2) is 0 Å². The Labute approximate surface area is 139 Å². The van der Waals surface area contributed by atoms with E-state index in [1.165, 1.54) is 0 Å². The summed E-state index contributed by atoms with van der Waals surface area (Å²) in [6.07, 6.45) is 0.864. The molecule has 2 aromatic carbocycles. The zero-order valence-electron chi connectivity index (χ0n) is 12.1. The van der Waals surface area contributed by atoms with E-state index in [0.29, 0.717) is 28.8 Å². The van der Waals surface area contributed by atoms with E-state index < -0.39 is 0 Å². The Hall–Kier alpha value is -1.71. The van der Waals surface area contributed by atoms with Crippen molar-refractivity contribution in [3.8, 4) is 11.5 Å². The molecule has 0 unspecified atom stereocenters. The van der Waals surface area contributed by atoms with E-state index in [1.54, 1.807) is 42.5 Å². The second-order valence-electron chi connectivity index (χ2n) is 4.79. The molecule has 0 aliphatic carbocycles. The SMILES string of the molecule is Cc1cc(OC(=O)CCCOc2ccc(Cl)cc2)ccc1Cl. The van der Waals surface area contributed by atoms with E-state index >= 15 is 0 Å². The number of hydrogen-bond acceptors (Lipinski definition) is 3. The van der Waals surface area contributed by atoms with E-state index in [2.05, 4.69) is 0 Å². The lowest BCUT2D eigenvalue weighted by Gasteiger charge is -2.07. The lowest BCUT2D eigenvalue weighted by molar-refractivity contribution is -0.134. The number of halogens is 2. The van der Waals surface area contributed by atoms with Crippen LogP contribution in [0.1, 0.15) is 18.4 Å². The molecule has 0 N–H and O–H groups in total. The number of carbonyl (C=O) groups is 1. The predicted octanol–water partition coefficient (Wildman–Crippen LogP) is 5.07. The van der Waals surface area contributed by atoms with Crippen LogP contribution in [0.4, 0.5) is 0 Å². The third-order valence-corrected chi connectivity index (χ3v) is 3.64. The average molecular weight is 339 g/mol. The van der Waals surface area contributed by atoms with Crippen LogP contribution in [-0.4, -0.2) is 12.6 Å². The standard InChI is InChI=1S/C17H16Cl2O3/c1-12-11-15(8-9-16(12)19)22-17(20)3-2-10-21-14-6-4-13(18)5-7-14/h4-9,11H,2-3,10H2,1H3. The summed E-state index contributed by atoms with van der Waals surface area (Å²) in [5.41, 5.74) is 0.873. The Kier molecular flexibility index (Phi) is 6.10. The fraction of sp³-hybridized carbons (Fsp3) is 0.235. The molecule has 0 radical (unpaired) electrons. The number of carbonyl (C=O) groups excluding carboxylic acids is 1. The molecule has 0 aromatic heterocycles. The molecule has 0 spiro atoms. The van der Waals surface area contributed by atoms with E-state index in [1.807, 2.05) is 6.92 Å². The quantitative estimate of drug-likeness (QED) is 0.419. The van der Waals surface area contributed by atoms with Crippen molar-refractivity contribution in [1.29, 1.82) is 0 Å². The number of esters is 1. The predicted molar refractivity (Wildman–Crippen MR) is 88.0 cm³/mol. The van der Waals surface area contributed by atoms with Crippen LogP contribution in [0.3, 0.4) is 0 Å². The van der Waals surface area contributed by atoms with Crippen LogP contribution < -0.4 is 9.47 Å². The fourth-order valence-electron chi connectivity index (χ4n) is 1.80. The second kappa shape index (κ2) is 8.06. The third-order valence-electron chi connectivity index (χ3n) is 2.97. The molecule has 3 nitrogen and oxygen atoms in total. The van der Waals surface area contributed by atoms with Gasteiger partial charge in [0.15, 0.2) is 0 Å². The molecule has 116 valence electrons. The molecule has 2 rings (SSSR count). The Bertz CT molecular complexity index is 639. The van der Waals surface area contributed by atoms with E-state index in [4.69, 9.17) is 32.7 Å². The summed E-state index contributed by atoms with van der Waals surface area (Å²) in [5, 5.41) is 1.31. The number of aryl methyl sites for hydroxylation is 1. The Morgan fingerprint density at radius 1 is 1.05 bits per heavy atom. The van der Waals surface area contributed by atoms with Gasteiger partial charge in [0.2, 0.25) is 0 Å². The minimum absolute atomic E-state index is 0.287. The molecule has 0 atom stereocenters. The van der Waals surface area contributed by atoms with Crippen molar-refractivity contribution in [2.24, 2.45) is 0 Å². The van der Waals surface area contributed by atoms with E-state index in [9.17, 15) is 4.79 Å². The van der Waals surface area contributed by atoms with Crippen LogP contribution >= 0.6 is 23.2 Å². The summed E-state index contributed by atoms with van der Waals surface area (Å²) in [6, 6.07) is 12.2. The van der Waals surface area contributed by atoms with Gasteiger partial charge in [0.1, 0.15) is 11.5 Å². The molecule has 0 bridgehead atoms. The molecule has 2 aromatic rings. The van der Waals surface area contributed by atoms with E-state index in [0.717, 1.165) is 11.3 Å². The third kappa shape index (κ3) is 5.24. The van der Waals surface area contributed by atoms with Gasteiger partial charge >= 0.3 is 5.97 Å². The summed E-state index contributed by atoms with van der Waals surface area (Å²) in [6.45, 7) is 2.30. The zero-order chi connectivity index (χ0) is 15.9. The van der Waals surface area contributed by atoms with Crippen molar-refractivity contribution in [2.75, 3.05) is 6.61 Å². The highest BCUT2D eigenvalue weighted by molar-refractivity contribution is 6.31. The molecule has 5 heteroatoms. The topological polar surface area (TPSA) is 35.5 Å². The van der Waals surface area contributed by atoms with E-state index in [-0.39, 0.29) is 12.4 Å². The molecular weight excluding hydrogens is 323 g/mol. The van der Waals surface area contributed by atoms with Gasteiger partial charge in [-0.3, -0.25) is 4.79 Å². The summed E-state index contributed by atoms with van der Waals surface area (Å²) >= 11 is 11.7. The number of hydrogen-bond donors (Lipinski definition) is 0. The molecule has 0 heterocycles. The highest BCUT2D eigenvalue weighted by Gasteiger charge is 2.06. The number of ether oxygens (including phenoxy) is 2. The van der Waals surface area contributed by atoms with Gasteiger partial charge in [0.05, 0.1) is 6.61 Å². The second-order valence-corrected chi connectivity index (χ2v) is 5.63. The first kappa shape index (κ1) is 16.7. The van der Waals surface area contributed by atoms with Gasteiger partial charge in [0.25, 0.3) is 0 Å². The summed E-state index contributed by atoms with van der Waals surface area (Å²) in [4.78, 5) is 11.7. The maximum atomic E-state index is 11.7. The molecule has 0 aliphatic heterocycles. The largest absolute Gasteiger partial charge is 0.494 e. The maximum absolute atomic E-state index is 11.7. The van der Waals surface area contributed by atoms with Crippen LogP contribution in [0.25, 0.3) is 0 Å². The lowest BCUT2D eigenvalue weighted by atomic mass is 10.2. The maximum Gasteiger partial charge on any atom is 0.311 e. The van der Waals surface area contributed by atoms with Gasteiger partial charge in [-0.2, -0.15) is 0 Å². The van der Waals surface area contributed by atoms with Crippen molar-refractivity contribution in [1.82, 2.24) is 0 Å². The summed E-state index contributed by atoms with van der Waals surface area (Å²) in [7, 11) is 0. The van der Waals surface area contributed by atoms with Gasteiger partial charge in [-0.1, -0.05) is 23.2 Å². The molecule has 22 heavy (non-hydrogen) atoms. The van der Waals surface area contributed by atoms with Crippen LogP contribution in [0.15, 0.2) is 42.5 Å². The van der Waals surface area contributed by atoms with Crippen LogP contribution in [0.5, 0.6) is 11.5 Å². The van der Waals surface area contributed by atoms with Crippen LogP contribution in [0.2, 0.25) is 10.0 Å². The lowest BCUT2D eigenvalue weighted by Crippen LogP contribution is -2.10. The Morgan fingerprint density at radius 3 is 2.41 bits per heavy atom. The van der Waals surface area contributed by atoms with Crippen molar-refractivity contribution in [2.45, 2.75) is 19.8 Å². The smallest absolute Gasteiger partial charge is 0.311 e. The van der Waals surface area contributed by atoms with Crippen molar-refractivity contribution < 1.29 is 14.3 Å².